The summed E-state index contributed by atoms with van der Waals surface area (Å²) in [6, 6.07) is 0. The van der Waals surface area contributed by atoms with E-state index in [0.29, 0.717) is 29.0 Å². The van der Waals surface area contributed by atoms with Crippen molar-refractivity contribution in [3.8, 4) is 0 Å². The molecule has 0 unspecified atom stereocenters. The van der Waals surface area contributed by atoms with Crippen molar-refractivity contribution in [1.29, 1.82) is 0 Å². The highest BCUT2D eigenvalue weighted by molar-refractivity contribution is 5.79. The monoisotopic (exact) mass is 318 g/mol. The molecule has 8 atom stereocenters. The smallest absolute Gasteiger partial charge is 0.133 e. The van der Waals surface area contributed by atoms with Gasteiger partial charge in [0.2, 0.25) is 0 Å². The number of Topliss-reactive ketones (excluding diaryl/α,β-unsaturated/α-hetero) is 1. The lowest BCUT2D eigenvalue weighted by Crippen LogP contribution is -2.58. The summed E-state index contributed by atoms with van der Waals surface area (Å²) in [6.07, 6.45) is 8.61. The lowest BCUT2D eigenvalue weighted by Gasteiger charge is -2.62. The molecular formula is C21H34O2. The molecule has 2 nitrogen and oxygen atoms in total. The van der Waals surface area contributed by atoms with Crippen molar-refractivity contribution in [1.82, 2.24) is 0 Å². The average molecular weight is 319 g/mol. The Kier molecular flexibility index (Phi) is 3.39. The zero-order chi connectivity index (χ0) is 16.6. The largest absolute Gasteiger partial charge is 0.390 e. The lowest BCUT2D eigenvalue weighted by atomic mass is 9.42. The van der Waals surface area contributed by atoms with Gasteiger partial charge in [-0.2, -0.15) is 0 Å². The first-order valence-corrected chi connectivity index (χ1v) is 9.93. The number of hydrogen-bond acceptors (Lipinski definition) is 2. The van der Waals surface area contributed by atoms with Gasteiger partial charge < -0.3 is 5.11 Å². The average Bonchev–Trinajstić information content (AvgIpc) is 2.72. The van der Waals surface area contributed by atoms with Gasteiger partial charge in [-0.3, -0.25) is 4.79 Å². The molecule has 0 amide bonds. The molecule has 4 fully saturated rings. The molecule has 4 saturated carbocycles. The number of aliphatic hydroxyl groups is 1. The van der Waals surface area contributed by atoms with Crippen LogP contribution in [-0.4, -0.2) is 16.5 Å². The van der Waals surface area contributed by atoms with Crippen LogP contribution in [0.2, 0.25) is 0 Å². The predicted octanol–water partition coefficient (Wildman–Crippen LogP) is 4.60. The molecule has 4 aliphatic rings. The van der Waals surface area contributed by atoms with Crippen LogP contribution in [0.25, 0.3) is 0 Å². The van der Waals surface area contributed by atoms with Crippen LogP contribution in [-0.2, 0) is 4.79 Å². The Morgan fingerprint density at radius 1 is 1.04 bits per heavy atom. The maximum absolute atomic E-state index is 12.0. The molecule has 0 spiro atoms. The first-order chi connectivity index (χ1) is 10.7. The summed E-state index contributed by atoms with van der Waals surface area (Å²) in [6.45, 7) is 9.40. The van der Waals surface area contributed by atoms with Gasteiger partial charge in [-0.25, -0.2) is 0 Å². The first kappa shape index (κ1) is 16.1. The molecule has 4 aliphatic carbocycles. The summed E-state index contributed by atoms with van der Waals surface area (Å²) in [5.74, 6) is 4.05. The minimum absolute atomic E-state index is 0.107. The van der Waals surface area contributed by atoms with E-state index in [9.17, 15) is 9.90 Å². The second-order valence-electron chi connectivity index (χ2n) is 10.2. The fourth-order valence-electron chi connectivity index (χ4n) is 7.67. The SMILES string of the molecule is C[C@H]1C[C@@H]2CC(=O)CC[C@]2(C)[C@H]2CC[C@@]3(C)[C@@H](CC[C@@]3(C)O)[C@H]12. The van der Waals surface area contributed by atoms with E-state index in [1.54, 1.807) is 0 Å². The maximum Gasteiger partial charge on any atom is 0.133 e. The number of rotatable bonds is 0. The Labute approximate surface area is 141 Å². The Morgan fingerprint density at radius 2 is 1.74 bits per heavy atom. The normalized spacial score (nSPS) is 59.2. The Bertz CT molecular complexity index is 524. The van der Waals surface area contributed by atoms with Crippen molar-refractivity contribution < 1.29 is 9.90 Å². The van der Waals surface area contributed by atoms with E-state index in [0.717, 1.165) is 37.5 Å². The van der Waals surface area contributed by atoms with Crippen LogP contribution in [0.5, 0.6) is 0 Å². The third kappa shape index (κ3) is 2.00. The Hall–Kier alpha value is -0.370. The number of carbonyl (C=O) groups excluding carboxylic acids is 1. The van der Waals surface area contributed by atoms with Crippen LogP contribution >= 0.6 is 0 Å². The van der Waals surface area contributed by atoms with Crippen LogP contribution in [0.15, 0.2) is 0 Å². The van der Waals surface area contributed by atoms with Crippen molar-refractivity contribution in [3.05, 3.63) is 0 Å². The van der Waals surface area contributed by atoms with Gasteiger partial charge in [-0.1, -0.05) is 20.8 Å². The molecule has 0 aliphatic heterocycles. The lowest BCUT2D eigenvalue weighted by molar-refractivity contribution is -0.165. The fraction of sp³-hybridized carbons (Fsp3) is 0.952. The van der Waals surface area contributed by atoms with Crippen molar-refractivity contribution in [2.75, 3.05) is 0 Å². The molecule has 2 heteroatoms. The summed E-state index contributed by atoms with van der Waals surface area (Å²) in [4.78, 5) is 12.0. The molecular weight excluding hydrogens is 284 g/mol. The molecule has 4 rings (SSSR count). The van der Waals surface area contributed by atoms with Gasteiger partial charge >= 0.3 is 0 Å². The summed E-state index contributed by atoms with van der Waals surface area (Å²) in [5.41, 5.74) is -0.000383. The standard InChI is InChI=1S/C21H34O2/c1-13-11-14-12-15(22)5-8-19(14,2)16-6-9-20(3)17(18(13)16)7-10-21(20,4)23/h13-14,16-18,23H,5-12H2,1-4H3/t13-,14+,16-,17-,18+,19-,20-,21+/m0/s1. The third-order valence-electron chi connectivity index (χ3n) is 9.40. The van der Waals surface area contributed by atoms with Gasteiger partial charge in [0, 0.05) is 12.8 Å². The van der Waals surface area contributed by atoms with E-state index in [-0.39, 0.29) is 5.41 Å². The second-order valence-corrected chi connectivity index (χ2v) is 10.2. The number of carbonyl (C=O) groups is 1. The van der Waals surface area contributed by atoms with Crippen LogP contribution in [0.4, 0.5) is 0 Å². The van der Waals surface area contributed by atoms with E-state index in [1.807, 2.05) is 0 Å². The molecule has 23 heavy (non-hydrogen) atoms. The summed E-state index contributed by atoms with van der Waals surface area (Å²) >= 11 is 0. The van der Waals surface area contributed by atoms with Crippen molar-refractivity contribution in [2.24, 2.45) is 40.4 Å². The minimum Gasteiger partial charge on any atom is -0.390 e. The molecule has 0 heterocycles. The number of fused-ring (bicyclic) bond motifs is 5. The van der Waals surface area contributed by atoms with Gasteiger partial charge in [0.15, 0.2) is 0 Å². The van der Waals surface area contributed by atoms with Crippen LogP contribution in [0, 0.1) is 40.4 Å². The molecule has 0 aromatic carbocycles. The summed E-state index contributed by atoms with van der Waals surface area (Å²) in [5, 5.41) is 11.0. The van der Waals surface area contributed by atoms with E-state index < -0.39 is 5.60 Å². The van der Waals surface area contributed by atoms with Gasteiger partial charge in [0.05, 0.1) is 5.60 Å². The molecule has 0 aromatic rings. The van der Waals surface area contributed by atoms with Gasteiger partial charge in [-0.15, -0.1) is 0 Å². The second kappa shape index (κ2) is 4.84. The zero-order valence-corrected chi connectivity index (χ0v) is 15.4. The van der Waals surface area contributed by atoms with Crippen molar-refractivity contribution in [3.63, 3.8) is 0 Å². The van der Waals surface area contributed by atoms with E-state index in [4.69, 9.17) is 0 Å². The fourth-order valence-corrected chi connectivity index (χ4v) is 7.67. The molecule has 0 bridgehead atoms. The number of ketones is 1. The predicted molar refractivity (Wildman–Crippen MR) is 91.9 cm³/mol. The van der Waals surface area contributed by atoms with E-state index >= 15 is 0 Å². The van der Waals surface area contributed by atoms with Gasteiger partial charge in [0.1, 0.15) is 5.78 Å². The Balaban J connectivity index is 1.70. The van der Waals surface area contributed by atoms with E-state index in [1.165, 1.54) is 25.7 Å². The Morgan fingerprint density at radius 3 is 2.48 bits per heavy atom. The summed E-state index contributed by atoms with van der Waals surface area (Å²) < 4.78 is 0. The van der Waals surface area contributed by atoms with Crippen LogP contribution in [0.1, 0.15) is 79.1 Å². The molecule has 0 saturated heterocycles. The third-order valence-corrected chi connectivity index (χ3v) is 9.40. The van der Waals surface area contributed by atoms with Crippen molar-refractivity contribution >= 4 is 5.78 Å². The number of hydrogen-bond donors (Lipinski definition) is 1. The highest BCUT2D eigenvalue weighted by Crippen LogP contribution is 2.69. The molecule has 130 valence electrons. The first-order valence-electron chi connectivity index (χ1n) is 9.93. The maximum atomic E-state index is 12.0. The molecule has 0 aromatic heterocycles. The highest BCUT2D eigenvalue weighted by Gasteiger charge is 2.64. The van der Waals surface area contributed by atoms with Gasteiger partial charge in [-0.05, 0) is 85.9 Å². The van der Waals surface area contributed by atoms with E-state index in [2.05, 4.69) is 27.7 Å². The quantitative estimate of drug-likeness (QED) is 0.709. The topological polar surface area (TPSA) is 37.3 Å². The van der Waals surface area contributed by atoms with Crippen molar-refractivity contribution in [2.45, 2.75) is 84.7 Å². The van der Waals surface area contributed by atoms with Gasteiger partial charge in [0.25, 0.3) is 0 Å². The molecule has 0 radical (unpaired) electrons. The zero-order valence-electron chi connectivity index (χ0n) is 15.4. The minimum atomic E-state index is -0.483. The molecule has 1 N–H and O–H groups in total. The van der Waals surface area contributed by atoms with Crippen LogP contribution in [0.3, 0.4) is 0 Å². The summed E-state index contributed by atoms with van der Waals surface area (Å²) in [7, 11) is 0. The highest BCUT2D eigenvalue weighted by atomic mass is 16.3. The van der Waals surface area contributed by atoms with Crippen LogP contribution < -0.4 is 0 Å².